The van der Waals surface area contributed by atoms with Gasteiger partial charge >= 0.3 is 0 Å². The molecule has 102 valence electrons. The first-order chi connectivity index (χ1) is 8.65. The second-order valence-corrected chi connectivity index (χ2v) is 5.14. The van der Waals surface area contributed by atoms with Crippen LogP contribution < -0.4 is 10.1 Å². The zero-order valence-electron chi connectivity index (χ0n) is 12.2. The minimum atomic E-state index is 0.233. The largest absolute Gasteiger partial charge is 0.491 e. The van der Waals surface area contributed by atoms with Gasteiger partial charge in [0.2, 0.25) is 0 Å². The van der Waals surface area contributed by atoms with E-state index in [1.54, 1.807) is 0 Å². The van der Waals surface area contributed by atoms with Crippen molar-refractivity contribution in [3.05, 3.63) is 29.8 Å². The molecule has 0 radical (unpaired) electrons. The van der Waals surface area contributed by atoms with Crippen LogP contribution in [0.2, 0.25) is 0 Å². The van der Waals surface area contributed by atoms with Gasteiger partial charge in [0.1, 0.15) is 5.75 Å². The zero-order valence-corrected chi connectivity index (χ0v) is 12.2. The van der Waals surface area contributed by atoms with Crippen molar-refractivity contribution in [1.29, 1.82) is 0 Å². The van der Waals surface area contributed by atoms with Crippen LogP contribution in [-0.2, 0) is 0 Å². The Bertz CT molecular complexity index is 336. The number of nitrogens with one attached hydrogen (secondary N) is 1. The Morgan fingerprint density at radius 1 is 1.11 bits per heavy atom. The molecule has 2 heteroatoms. The summed E-state index contributed by atoms with van der Waals surface area (Å²) in [6, 6.07) is 8.40. The van der Waals surface area contributed by atoms with Crippen LogP contribution in [0.1, 0.15) is 52.0 Å². The summed E-state index contributed by atoms with van der Waals surface area (Å²) in [5, 5.41) is 3.46. The summed E-state index contributed by atoms with van der Waals surface area (Å²) in [5.41, 5.74) is 1.32. The lowest BCUT2D eigenvalue weighted by Gasteiger charge is -2.19. The van der Waals surface area contributed by atoms with Crippen LogP contribution >= 0.6 is 0 Å². The Labute approximate surface area is 112 Å². The predicted molar refractivity (Wildman–Crippen MR) is 78.4 cm³/mol. The maximum atomic E-state index is 5.87. The van der Waals surface area contributed by atoms with E-state index >= 15 is 0 Å². The maximum Gasteiger partial charge on any atom is 0.123 e. The van der Waals surface area contributed by atoms with Crippen LogP contribution in [0.15, 0.2) is 24.3 Å². The van der Waals surface area contributed by atoms with E-state index in [-0.39, 0.29) is 6.10 Å². The molecule has 1 aromatic carbocycles. The summed E-state index contributed by atoms with van der Waals surface area (Å²) < 4.78 is 5.87. The van der Waals surface area contributed by atoms with E-state index in [0.717, 1.165) is 25.3 Å². The number of benzene rings is 1. The molecule has 0 amide bonds. The molecule has 1 rings (SSSR count). The van der Waals surface area contributed by atoms with Crippen molar-refractivity contribution >= 4 is 0 Å². The van der Waals surface area contributed by atoms with E-state index in [0.29, 0.717) is 5.92 Å². The predicted octanol–water partition coefficient (Wildman–Crippen LogP) is 3.97. The fourth-order valence-electron chi connectivity index (χ4n) is 2.02. The van der Waals surface area contributed by atoms with Crippen LogP contribution in [0.4, 0.5) is 0 Å². The van der Waals surface area contributed by atoms with Crippen molar-refractivity contribution in [3.63, 3.8) is 0 Å². The summed E-state index contributed by atoms with van der Waals surface area (Å²) in [4.78, 5) is 0. The molecule has 0 spiro atoms. The lowest BCUT2D eigenvalue weighted by molar-refractivity contribution is 0.238. The van der Waals surface area contributed by atoms with Crippen molar-refractivity contribution < 1.29 is 4.74 Å². The van der Waals surface area contributed by atoms with Gasteiger partial charge < -0.3 is 10.1 Å². The zero-order chi connectivity index (χ0) is 13.4. The standard InChI is InChI=1S/C16H27NO/c1-5-11-17-12-10-14(4)15-8-6-7-9-16(15)18-13(2)3/h6-9,13-14,17H,5,10-12H2,1-4H3. The van der Waals surface area contributed by atoms with Gasteiger partial charge in [-0.1, -0.05) is 32.0 Å². The molecule has 0 saturated carbocycles. The second kappa shape index (κ2) is 8.15. The van der Waals surface area contributed by atoms with Crippen LogP contribution in [0.3, 0.4) is 0 Å². The highest BCUT2D eigenvalue weighted by molar-refractivity contribution is 5.36. The Morgan fingerprint density at radius 2 is 1.83 bits per heavy atom. The quantitative estimate of drug-likeness (QED) is 0.704. The summed E-state index contributed by atoms with van der Waals surface area (Å²) in [6.45, 7) is 10.8. The van der Waals surface area contributed by atoms with Gasteiger partial charge in [-0.25, -0.2) is 0 Å². The molecule has 0 fully saturated rings. The highest BCUT2D eigenvalue weighted by atomic mass is 16.5. The van der Waals surface area contributed by atoms with Gasteiger partial charge in [0.15, 0.2) is 0 Å². The third-order valence-corrected chi connectivity index (χ3v) is 2.99. The lowest BCUT2D eigenvalue weighted by atomic mass is 9.97. The number of hydrogen-bond donors (Lipinski definition) is 1. The van der Waals surface area contributed by atoms with Gasteiger partial charge in [0.05, 0.1) is 6.10 Å². The van der Waals surface area contributed by atoms with E-state index < -0.39 is 0 Å². The number of hydrogen-bond acceptors (Lipinski definition) is 2. The highest BCUT2D eigenvalue weighted by Gasteiger charge is 2.11. The molecule has 0 aliphatic rings. The smallest absolute Gasteiger partial charge is 0.123 e. The number of rotatable bonds is 8. The Hall–Kier alpha value is -1.02. The molecule has 18 heavy (non-hydrogen) atoms. The topological polar surface area (TPSA) is 21.3 Å². The van der Waals surface area contributed by atoms with Gasteiger partial charge in [0.25, 0.3) is 0 Å². The maximum absolute atomic E-state index is 5.87. The fraction of sp³-hybridized carbons (Fsp3) is 0.625. The third kappa shape index (κ3) is 5.09. The molecule has 0 saturated heterocycles. The fourth-order valence-corrected chi connectivity index (χ4v) is 2.02. The highest BCUT2D eigenvalue weighted by Crippen LogP contribution is 2.29. The van der Waals surface area contributed by atoms with Crippen LogP contribution in [0, 0.1) is 0 Å². The molecule has 0 aliphatic heterocycles. The molecule has 1 N–H and O–H groups in total. The molecular formula is C16H27NO. The van der Waals surface area contributed by atoms with E-state index in [4.69, 9.17) is 4.74 Å². The van der Waals surface area contributed by atoms with Gasteiger partial charge in [-0.2, -0.15) is 0 Å². The molecular weight excluding hydrogens is 222 g/mol. The second-order valence-electron chi connectivity index (χ2n) is 5.14. The first-order valence-electron chi connectivity index (χ1n) is 7.11. The minimum Gasteiger partial charge on any atom is -0.491 e. The van der Waals surface area contributed by atoms with E-state index in [2.05, 4.69) is 51.2 Å². The monoisotopic (exact) mass is 249 g/mol. The third-order valence-electron chi connectivity index (χ3n) is 2.99. The van der Waals surface area contributed by atoms with E-state index in [1.807, 2.05) is 6.07 Å². The van der Waals surface area contributed by atoms with Gasteiger partial charge in [-0.05, 0) is 57.3 Å². The van der Waals surface area contributed by atoms with Gasteiger partial charge in [-0.3, -0.25) is 0 Å². The summed E-state index contributed by atoms with van der Waals surface area (Å²) >= 11 is 0. The first kappa shape index (κ1) is 15.0. The molecule has 1 unspecified atom stereocenters. The van der Waals surface area contributed by atoms with Crippen molar-refractivity contribution in [3.8, 4) is 5.75 Å². The van der Waals surface area contributed by atoms with Crippen LogP contribution in [0.5, 0.6) is 5.75 Å². The van der Waals surface area contributed by atoms with Gasteiger partial charge in [-0.15, -0.1) is 0 Å². The lowest BCUT2D eigenvalue weighted by Crippen LogP contribution is -2.18. The first-order valence-corrected chi connectivity index (χ1v) is 7.11. The van der Waals surface area contributed by atoms with E-state index in [9.17, 15) is 0 Å². The Morgan fingerprint density at radius 3 is 2.50 bits per heavy atom. The molecule has 1 aromatic rings. The Kier molecular flexibility index (Phi) is 6.81. The molecule has 0 bridgehead atoms. The average molecular weight is 249 g/mol. The van der Waals surface area contributed by atoms with Gasteiger partial charge in [0, 0.05) is 0 Å². The molecule has 0 aromatic heterocycles. The van der Waals surface area contributed by atoms with Crippen molar-refractivity contribution in [2.75, 3.05) is 13.1 Å². The molecule has 0 aliphatic carbocycles. The van der Waals surface area contributed by atoms with Crippen LogP contribution in [-0.4, -0.2) is 19.2 Å². The number of ether oxygens (including phenoxy) is 1. The average Bonchev–Trinajstić information content (AvgIpc) is 2.34. The van der Waals surface area contributed by atoms with Crippen molar-refractivity contribution in [2.24, 2.45) is 0 Å². The van der Waals surface area contributed by atoms with E-state index in [1.165, 1.54) is 12.0 Å². The van der Waals surface area contributed by atoms with Crippen LogP contribution in [0.25, 0.3) is 0 Å². The SMILES string of the molecule is CCCNCCC(C)c1ccccc1OC(C)C. The molecule has 2 nitrogen and oxygen atoms in total. The number of para-hydroxylation sites is 1. The van der Waals surface area contributed by atoms with Crippen molar-refractivity contribution in [2.45, 2.75) is 52.6 Å². The summed E-state index contributed by atoms with van der Waals surface area (Å²) in [5.74, 6) is 1.57. The van der Waals surface area contributed by atoms with Crippen molar-refractivity contribution in [1.82, 2.24) is 5.32 Å². The molecule has 0 heterocycles. The minimum absolute atomic E-state index is 0.233. The normalized spacial score (nSPS) is 12.7. The molecule has 1 atom stereocenters. The summed E-state index contributed by atoms with van der Waals surface area (Å²) in [7, 11) is 0. The Balaban J connectivity index is 2.57. The summed E-state index contributed by atoms with van der Waals surface area (Å²) in [6.07, 6.45) is 2.58.